The average Bonchev–Trinajstić information content (AvgIpc) is 3.74. The number of carbonyl (C=O) groups excluding carboxylic acids is 2. The van der Waals surface area contributed by atoms with Crippen LogP contribution in [0.3, 0.4) is 0 Å². The van der Waals surface area contributed by atoms with Gasteiger partial charge in [0.25, 0.3) is 5.91 Å². The van der Waals surface area contributed by atoms with Gasteiger partial charge in [0.2, 0.25) is 11.9 Å². The third-order valence-corrected chi connectivity index (χ3v) is 8.94. The van der Waals surface area contributed by atoms with Gasteiger partial charge in [-0.3, -0.25) is 19.6 Å². The van der Waals surface area contributed by atoms with Crippen LogP contribution in [0, 0.1) is 5.95 Å². The molecule has 0 spiro atoms. The van der Waals surface area contributed by atoms with Crippen LogP contribution < -0.4 is 5.32 Å². The summed E-state index contributed by atoms with van der Waals surface area (Å²) < 4.78 is 19.2. The number of aromatic amines is 1. The molecule has 238 valence electrons. The maximum absolute atomic E-state index is 13.6. The van der Waals surface area contributed by atoms with E-state index in [2.05, 4.69) is 48.7 Å². The van der Waals surface area contributed by atoms with Crippen LogP contribution in [0.15, 0.2) is 85.3 Å². The van der Waals surface area contributed by atoms with E-state index < -0.39 is 11.5 Å². The molecule has 0 unspecified atom stereocenters. The quantitative estimate of drug-likeness (QED) is 0.238. The van der Waals surface area contributed by atoms with Crippen molar-refractivity contribution in [3.8, 4) is 22.6 Å². The predicted molar refractivity (Wildman–Crippen MR) is 175 cm³/mol. The van der Waals surface area contributed by atoms with Crippen LogP contribution in [-0.2, 0) is 14.3 Å². The van der Waals surface area contributed by atoms with Crippen molar-refractivity contribution in [1.29, 1.82) is 0 Å². The van der Waals surface area contributed by atoms with Gasteiger partial charge in [-0.1, -0.05) is 30.3 Å². The van der Waals surface area contributed by atoms with Crippen molar-refractivity contribution in [2.75, 3.05) is 45.2 Å². The van der Waals surface area contributed by atoms with Gasteiger partial charge in [0.15, 0.2) is 11.4 Å². The Morgan fingerprint density at radius 2 is 1.79 bits per heavy atom. The summed E-state index contributed by atoms with van der Waals surface area (Å²) >= 11 is 0. The number of likely N-dealkylation sites (tertiary alicyclic amines) is 1. The van der Waals surface area contributed by atoms with E-state index in [4.69, 9.17) is 4.74 Å². The number of fused-ring (bicyclic) bond motifs is 1. The molecule has 0 aliphatic carbocycles. The first kappa shape index (κ1) is 30.3. The first-order valence-electron chi connectivity index (χ1n) is 15.4. The average molecular weight is 633 g/mol. The first-order valence-corrected chi connectivity index (χ1v) is 15.4. The molecule has 5 heterocycles. The van der Waals surface area contributed by atoms with Crippen molar-refractivity contribution in [2.24, 2.45) is 0 Å². The Balaban J connectivity index is 0.960. The highest BCUT2D eigenvalue weighted by atomic mass is 19.1. The van der Waals surface area contributed by atoms with Crippen molar-refractivity contribution in [3.63, 3.8) is 0 Å². The molecule has 47 heavy (non-hydrogen) atoms. The van der Waals surface area contributed by atoms with Crippen molar-refractivity contribution in [2.45, 2.75) is 18.4 Å². The Morgan fingerprint density at radius 3 is 2.51 bits per heavy atom. The van der Waals surface area contributed by atoms with E-state index in [-0.39, 0.29) is 18.4 Å². The second-order valence-electron chi connectivity index (χ2n) is 11.8. The van der Waals surface area contributed by atoms with Gasteiger partial charge in [-0.05, 0) is 60.4 Å². The van der Waals surface area contributed by atoms with E-state index >= 15 is 0 Å². The number of hydrogen-bond donors (Lipinski definition) is 2. The number of H-pyrrole nitrogens is 1. The summed E-state index contributed by atoms with van der Waals surface area (Å²) in [6, 6.07) is 18.3. The number of aromatic nitrogens is 5. The maximum Gasteiger partial charge on any atom is 0.258 e. The van der Waals surface area contributed by atoms with Crippen LogP contribution in [0.2, 0.25) is 0 Å². The lowest BCUT2D eigenvalue weighted by atomic mass is 9.98. The highest BCUT2D eigenvalue weighted by molar-refractivity contribution is 6.01. The monoisotopic (exact) mass is 632 g/mol. The summed E-state index contributed by atoms with van der Waals surface area (Å²) in [5, 5.41) is 11.1. The van der Waals surface area contributed by atoms with Crippen molar-refractivity contribution < 1.29 is 18.7 Å². The SMILES string of the molecule is CO[C@@]1(C(=O)Nc2ccc3[nH]nc(-c4ccc(F)nc4)c3c2)CCN(CC(=O)N2CC=C(c3ccc(-c4ncccn4)cc3)CC2)C1. The summed E-state index contributed by atoms with van der Waals surface area (Å²) in [6.07, 6.45) is 8.21. The number of halogens is 1. The second kappa shape index (κ2) is 12.8. The van der Waals surface area contributed by atoms with Crippen LogP contribution in [0.1, 0.15) is 18.4 Å². The minimum atomic E-state index is -1.10. The molecule has 2 aromatic carbocycles. The number of amides is 2. The fourth-order valence-corrected chi connectivity index (χ4v) is 6.24. The number of hydrogen-bond acceptors (Lipinski definition) is 8. The standard InChI is InChI=1S/C35H33FN8O3/c1-47-35(34(46)40-27-8-9-29-28(19-27)32(42-41-29)26-7-10-30(36)39-20-26)13-18-43(22-35)21-31(45)44-16-11-24(12-17-44)23-3-5-25(6-4-23)33-37-14-2-15-38-33/h2-11,14-15,19-20H,12-13,16-18,21-22H2,1H3,(H,40,46)(H,41,42)/t35-/m0/s1. The molecule has 7 rings (SSSR count). The summed E-state index contributed by atoms with van der Waals surface area (Å²) in [5.74, 6) is -0.134. The molecule has 11 nitrogen and oxygen atoms in total. The molecular formula is C35H33FN8O3. The molecule has 3 aromatic heterocycles. The minimum absolute atomic E-state index is 0.0254. The minimum Gasteiger partial charge on any atom is -0.367 e. The van der Waals surface area contributed by atoms with Crippen LogP contribution >= 0.6 is 0 Å². The smallest absolute Gasteiger partial charge is 0.258 e. The molecule has 0 bridgehead atoms. The fourth-order valence-electron chi connectivity index (χ4n) is 6.24. The van der Waals surface area contributed by atoms with E-state index in [9.17, 15) is 14.0 Å². The van der Waals surface area contributed by atoms with E-state index in [1.165, 1.54) is 24.9 Å². The number of methoxy groups -OCH3 is 1. The van der Waals surface area contributed by atoms with Gasteiger partial charge in [-0.15, -0.1) is 0 Å². The first-order chi connectivity index (χ1) is 22.9. The zero-order valence-electron chi connectivity index (χ0n) is 25.8. The molecule has 2 aliphatic heterocycles. The van der Waals surface area contributed by atoms with E-state index in [0.717, 1.165) is 28.5 Å². The zero-order valence-corrected chi connectivity index (χ0v) is 25.8. The number of pyridine rings is 1. The van der Waals surface area contributed by atoms with E-state index in [0.29, 0.717) is 55.4 Å². The van der Waals surface area contributed by atoms with Crippen molar-refractivity contribution in [1.82, 2.24) is 34.9 Å². The molecule has 12 heteroatoms. The summed E-state index contributed by atoms with van der Waals surface area (Å²) in [4.78, 5) is 43.1. The normalized spacial score (nSPS) is 18.3. The molecule has 1 fully saturated rings. The highest BCUT2D eigenvalue weighted by Gasteiger charge is 2.45. The fraction of sp³-hybridized carbons (Fsp3) is 0.257. The maximum atomic E-state index is 13.6. The molecule has 2 amide bonds. The molecule has 1 atom stereocenters. The third kappa shape index (κ3) is 6.25. The molecule has 0 saturated carbocycles. The van der Waals surface area contributed by atoms with Gasteiger partial charge in [0.1, 0.15) is 5.69 Å². The molecule has 2 aliphatic rings. The Kier molecular flexibility index (Phi) is 8.27. The largest absolute Gasteiger partial charge is 0.367 e. The molecule has 2 N–H and O–H groups in total. The number of ether oxygens (including phenoxy) is 1. The Labute approximate surface area is 270 Å². The Bertz CT molecular complexity index is 1950. The van der Waals surface area contributed by atoms with Gasteiger partial charge in [0, 0.05) is 74.1 Å². The lowest BCUT2D eigenvalue weighted by Gasteiger charge is -2.30. The predicted octanol–water partition coefficient (Wildman–Crippen LogP) is 4.57. The number of anilines is 1. The molecule has 0 radical (unpaired) electrons. The lowest BCUT2D eigenvalue weighted by Crippen LogP contribution is -2.48. The van der Waals surface area contributed by atoms with Gasteiger partial charge >= 0.3 is 0 Å². The second-order valence-corrected chi connectivity index (χ2v) is 11.8. The van der Waals surface area contributed by atoms with E-state index in [1.807, 2.05) is 34.1 Å². The van der Waals surface area contributed by atoms with Gasteiger partial charge in [-0.2, -0.15) is 9.49 Å². The Hall–Kier alpha value is -5.33. The van der Waals surface area contributed by atoms with Crippen LogP contribution in [0.4, 0.5) is 10.1 Å². The molecule has 1 saturated heterocycles. The highest BCUT2D eigenvalue weighted by Crippen LogP contribution is 2.31. The van der Waals surface area contributed by atoms with Crippen LogP contribution in [0.25, 0.3) is 39.1 Å². The summed E-state index contributed by atoms with van der Waals surface area (Å²) in [5.41, 5.74) is 4.80. The number of nitrogens with one attached hydrogen (secondary N) is 2. The molecule has 5 aromatic rings. The number of nitrogens with zero attached hydrogens (tertiary/aromatic N) is 6. The lowest BCUT2D eigenvalue weighted by molar-refractivity contribution is -0.138. The van der Waals surface area contributed by atoms with Crippen molar-refractivity contribution >= 4 is 34.0 Å². The number of carbonyl (C=O) groups is 2. The van der Waals surface area contributed by atoms with Crippen LogP contribution in [-0.4, -0.2) is 92.2 Å². The van der Waals surface area contributed by atoms with Gasteiger partial charge in [-0.25, -0.2) is 15.0 Å². The Morgan fingerprint density at radius 1 is 1.00 bits per heavy atom. The zero-order chi connectivity index (χ0) is 32.4. The van der Waals surface area contributed by atoms with E-state index in [1.54, 1.807) is 30.6 Å². The van der Waals surface area contributed by atoms with Crippen LogP contribution in [0.5, 0.6) is 0 Å². The number of benzene rings is 2. The molecular weight excluding hydrogens is 599 g/mol. The summed E-state index contributed by atoms with van der Waals surface area (Å²) in [6.45, 7) is 2.23. The van der Waals surface area contributed by atoms with Gasteiger partial charge in [0.05, 0.1) is 12.1 Å². The van der Waals surface area contributed by atoms with Crippen molar-refractivity contribution in [3.05, 3.63) is 96.8 Å². The van der Waals surface area contributed by atoms with Gasteiger partial charge < -0.3 is 15.0 Å². The third-order valence-electron chi connectivity index (χ3n) is 8.94. The number of rotatable bonds is 8. The summed E-state index contributed by atoms with van der Waals surface area (Å²) in [7, 11) is 1.53. The topological polar surface area (TPSA) is 129 Å².